The molecule has 202 valence electrons. The van der Waals surface area contributed by atoms with Gasteiger partial charge < -0.3 is 27.0 Å². The number of hydrogen-bond donors (Lipinski definition) is 5. The first kappa shape index (κ1) is 28.3. The zero-order valence-corrected chi connectivity index (χ0v) is 21.6. The van der Waals surface area contributed by atoms with Gasteiger partial charge in [-0.3, -0.25) is 19.2 Å². The maximum Gasteiger partial charge on any atom is 0.256 e. The fourth-order valence-electron chi connectivity index (χ4n) is 4.19. The van der Waals surface area contributed by atoms with Gasteiger partial charge in [-0.1, -0.05) is 13.5 Å². The van der Waals surface area contributed by atoms with Crippen molar-refractivity contribution in [3.8, 4) is 0 Å². The predicted molar refractivity (Wildman–Crippen MR) is 145 cm³/mol. The highest BCUT2D eigenvalue weighted by Crippen LogP contribution is 2.22. The number of ketones is 1. The highest BCUT2D eigenvalue weighted by Gasteiger charge is 2.26. The Labute approximate surface area is 222 Å². The molecule has 0 spiro atoms. The van der Waals surface area contributed by atoms with E-state index in [4.69, 9.17) is 5.73 Å². The molecule has 1 fully saturated rings. The summed E-state index contributed by atoms with van der Waals surface area (Å²) in [4.78, 5) is 56.8. The van der Waals surface area contributed by atoms with Gasteiger partial charge in [0.2, 0.25) is 17.8 Å². The summed E-state index contributed by atoms with van der Waals surface area (Å²) in [6, 6.07) is 6.41. The van der Waals surface area contributed by atoms with Crippen LogP contribution in [0.1, 0.15) is 72.6 Å². The van der Waals surface area contributed by atoms with E-state index in [1.165, 1.54) is 12.3 Å². The van der Waals surface area contributed by atoms with Crippen LogP contribution in [0.4, 0.5) is 17.5 Å². The van der Waals surface area contributed by atoms with Crippen molar-refractivity contribution in [2.75, 3.05) is 17.2 Å². The molecule has 1 aliphatic carbocycles. The lowest BCUT2D eigenvalue weighted by Crippen LogP contribution is -2.46. The third-order valence-corrected chi connectivity index (χ3v) is 6.20. The molecular weight excluding hydrogens is 486 g/mol. The molecule has 6 N–H and O–H groups in total. The fourth-order valence-corrected chi connectivity index (χ4v) is 4.19. The molecule has 0 saturated heterocycles. The highest BCUT2D eigenvalue weighted by molar-refractivity contribution is 5.99. The summed E-state index contributed by atoms with van der Waals surface area (Å²) in [7, 11) is 0. The Morgan fingerprint density at radius 1 is 1.08 bits per heavy atom. The Bertz CT molecular complexity index is 1170. The van der Waals surface area contributed by atoms with E-state index in [2.05, 4.69) is 37.8 Å². The van der Waals surface area contributed by atoms with Gasteiger partial charge in [0.1, 0.15) is 11.4 Å². The molecule has 38 heavy (non-hydrogen) atoms. The van der Waals surface area contributed by atoms with Crippen LogP contribution in [0, 0.1) is 0 Å². The van der Waals surface area contributed by atoms with Crippen LogP contribution >= 0.6 is 0 Å². The Balaban J connectivity index is 1.63. The second-order valence-corrected chi connectivity index (χ2v) is 9.22. The molecule has 0 radical (unpaired) electrons. The van der Waals surface area contributed by atoms with Crippen molar-refractivity contribution in [3.05, 3.63) is 54.2 Å². The minimum Gasteiger partial charge on any atom is -0.369 e. The number of nitrogens with zero attached hydrogens (tertiary/aromatic N) is 2. The van der Waals surface area contributed by atoms with Crippen LogP contribution < -0.4 is 27.0 Å². The van der Waals surface area contributed by atoms with Crippen LogP contribution in [-0.2, 0) is 9.59 Å². The summed E-state index contributed by atoms with van der Waals surface area (Å²) in [6.07, 6.45) is 6.87. The number of nitrogens with one attached hydrogen (secondary N) is 4. The first-order chi connectivity index (χ1) is 18.3. The Morgan fingerprint density at radius 3 is 2.45 bits per heavy atom. The molecule has 1 aliphatic rings. The summed E-state index contributed by atoms with van der Waals surface area (Å²) < 4.78 is 0. The topological polar surface area (TPSA) is 168 Å². The maximum absolute atomic E-state index is 13.2. The van der Waals surface area contributed by atoms with Gasteiger partial charge in [-0.25, -0.2) is 4.98 Å². The summed E-state index contributed by atoms with van der Waals surface area (Å²) in [5.41, 5.74) is 6.66. The largest absolute Gasteiger partial charge is 0.369 e. The molecular formula is C27H35N7O4. The van der Waals surface area contributed by atoms with Crippen molar-refractivity contribution in [2.24, 2.45) is 5.73 Å². The van der Waals surface area contributed by atoms with Crippen LogP contribution in [0.5, 0.6) is 0 Å². The van der Waals surface area contributed by atoms with E-state index >= 15 is 0 Å². The van der Waals surface area contributed by atoms with E-state index < -0.39 is 5.91 Å². The second-order valence-electron chi connectivity index (χ2n) is 9.22. The lowest BCUT2D eigenvalue weighted by molar-refractivity contribution is -0.124. The first-order valence-electron chi connectivity index (χ1n) is 12.8. The quantitative estimate of drug-likeness (QED) is 0.251. The minimum atomic E-state index is -0.513. The number of carbonyl (C=O) groups excluding carboxylic acids is 4. The molecule has 1 heterocycles. The van der Waals surface area contributed by atoms with E-state index in [9.17, 15) is 19.2 Å². The number of nitrogens with two attached hydrogens (primary N) is 1. The minimum absolute atomic E-state index is 0.0677. The lowest BCUT2D eigenvalue weighted by atomic mass is 9.90. The van der Waals surface area contributed by atoms with Crippen LogP contribution in [0.15, 0.2) is 43.1 Å². The molecule has 11 heteroatoms. The van der Waals surface area contributed by atoms with Crippen molar-refractivity contribution in [2.45, 2.75) is 64.0 Å². The summed E-state index contributed by atoms with van der Waals surface area (Å²) in [5.74, 6) is -0.448. The van der Waals surface area contributed by atoms with Crippen LogP contribution in [-0.4, -0.2) is 52.1 Å². The van der Waals surface area contributed by atoms with Crippen molar-refractivity contribution in [1.29, 1.82) is 0 Å². The molecule has 2 aromatic rings. The van der Waals surface area contributed by atoms with E-state index in [-0.39, 0.29) is 42.5 Å². The van der Waals surface area contributed by atoms with Gasteiger partial charge in [0.15, 0.2) is 5.78 Å². The Hall–Kier alpha value is -4.28. The van der Waals surface area contributed by atoms with Crippen LogP contribution in [0.3, 0.4) is 0 Å². The summed E-state index contributed by atoms with van der Waals surface area (Å²) >= 11 is 0. The smallest absolute Gasteiger partial charge is 0.256 e. The van der Waals surface area contributed by atoms with Crippen molar-refractivity contribution in [1.82, 2.24) is 20.6 Å². The van der Waals surface area contributed by atoms with Gasteiger partial charge >= 0.3 is 0 Å². The molecule has 1 aromatic heterocycles. The Morgan fingerprint density at radius 2 is 1.79 bits per heavy atom. The number of benzene rings is 1. The Kier molecular flexibility index (Phi) is 10.3. The van der Waals surface area contributed by atoms with Crippen molar-refractivity contribution >= 4 is 41.0 Å². The number of allylic oxidation sites excluding steroid dienone is 1. The number of amides is 3. The number of primary amides is 1. The highest BCUT2D eigenvalue weighted by atomic mass is 16.2. The third-order valence-electron chi connectivity index (χ3n) is 6.20. The number of aromatic nitrogens is 2. The monoisotopic (exact) mass is 521 g/mol. The zero-order chi connectivity index (χ0) is 27.5. The standard InChI is InChI=1S/C27H35N7O4/c1-3-14-29-25-22(16-30-27(34-25)33-18-10-8-17(9-11-18)24(28)37)26(38)32-20-7-5-6-19(15-20)31-23(36)13-12-21(35)4-2/h4,8-11,16,19-20H,2-3,5-7,12-15H2,1H3,(H2,28,37)(H,31,36)(H,32,38)(H2,29,30,33,34). The van der Waals surface area contributed by atoms with E-state index in [0.717, 1.165) is 25.7 Å². The van der Waals surface area contributed by atoms with Gasteiger partial charge in [-0.15, -0.1) is 0 Å². The molecule has 11 nitrogen and oxygen atoms in total. The lowest BCUT2D eigenvalue weighted by Gasteiger charge is -2.30. The molecule has 1 saturated carbocycles. The molecule has 2 atom stereocenters. The van der Waals surface area contributed by atoms with Gasteiger partial charge in [0, 0.05) is 48.9 Å². The molecule has 1 aromatic carbocycles. The van der Waals surface area contributed by atoms with Gasteiger partial charge in [-0.05, 0) is 62.4 Å². The van der Waals surface area contributed by atoms with Gasteiger partial charge in [0.25, 0.3) is 5.91 Å². The van der Waals surface area contributed by atoms with Crippen molar-refractivity contribution in [3.63, 3.8) is 0 Å². The SMILES string of the molecule is C=CC(=O)CCC(=O)NC1CCCC(NC(=O)c2cnc(Nc3ccc(C(N)=O)cc3)nc2NCCC)C1. The fraction of sp³-hybridized carbons (Fsp3) is 0.407. The number of carbonyl (C=O) groups is 4. The van der Waals surface area contributed by atoms with E-state index in [1.807, 2.05) is 6.92 Å². The molecule has 3 rings (SSSR count). The summed E-state index contributed by atoms with van der Waals surface area (Å²) in [6.45, 7) is 6.05. The van der Waals surface area contributed by atoms with Gasteiger partial charge in [-0.2, -0.15) is 4.98 Å². The average Bonchev–Trinajstić information content (AvgIpc) is 2.91. The van der Waals surface area contributed by atoms with E-state index in [0.29, 0.717) is 41.5 Å². The number of hydrogen-bond acceptors (Lipinski definition) is 8. The first-order valence-corrected chi connectivity index (χ1v) is 12.8. The predicted octanol–water partition coefficient (Wildman–Crippen LogP) is 2.83. The summed E-state index contributed by atoms with van der Waals surface area (Å²) in [5, 5.41) is 12.3. The number of rotatable bonds is 13. The number of anilines is 3. The average molecular weight is 522 g/mol. The van der Waals surface area contributed by atoms with Crippen LogP contribution in [0.2, 0.25) is 0 Å². The third kappa shape index (κ3) is 8.39. The molecule has 0 bridgehead atoms. The zero-order valence-electron chi connectivity index (χ0n) is 21.6. The molecule has 2 unspecified atom stereocenters. The van der Waals surface area contributed by atoms with Crippen LogP contribution in [0.25, 0.3) is 0 Å². The van der Waals surface area contributed by atoms with E-state index in [1.54, 1.807) is 24.3 Å². The molecule has 0 aliphatic heterocycles. The van der Waals surface area contributed by atoms with Gasteiger partial charge in [0.05, 0.1) is 0 Å². The second kappa shape index (κ2) is 13.9. The maximum atomic E-state index is 13.2. The molecule has 3 amide bonds. The van der Waals surface area contributed by atoms with Crippen molar-refractivity contribution < 1.29 is 19.2 Å². The normalized spacial score (nSPS) is 16.7.